The molecule has 0 saturated carbocycles. The van der Waals surface area contributed by atoms with Crippen molar-refractivity contribution in [3.05, 3.63) is 57.8 Å². The van der Waals surface area contributed by atoms with E-state index >= 15 is 0 Å². The van der Waals surface area contributed by atoms with E-state index in [9.17, 15) is 4.79 Å². The molecule has 18 heavy (non-hydrogen) atoms. The first-order valence-corrected chi connectivity index (χ1v) is 6.79. The zero-order chi connectivity index (χ0) is 12.3. The lowest BCUT2D eigenvalue weighted by Crippen LogP contribution is -2.05. The van der Waals surface area contributed by atoms with Crippen molar-refractivity contribution in [3.8, 4) is 0 Å². The summed E-state index contributed by atoms with van der Waals surface area (Å²) in [6.45, 7) is 4.32. The van der Waals surface area contributed by atoms with Crippen LogP contribution in [-0.4, -0.2) is 5.78 Å². The maximum atomic E-state index is 12.4. The van der Waals surface area contributed by atoms with E-state index in [4.69, 9.17) is 0 Å². The maximum Gasteiger partial charge on any atom is 0.203 e. The molecule has 0 radical (unpaired) electrons. The highest BCUT2D eigenvalue weighted by molar-refractivity contribution is 7.12. The highest BCUT2D eigenvalue weighted by Gasteiger charge is 2.16. The minimum atomic E-state index is 0. The highest BCUT2D eigenvalue weighted by atomic mass is 35.5. The molecule has 2 aromatic rings. The first-order valence-electron chi connectivity index (χ1n) is 5.91. The SMILES string of the molecule is CCC(C)c1ccccc1C(=O)c1cccs1.Cl. The zero-order valence-corrected chi connectivity index (χ0v) is 12.2. The molecule has 1 aromatic heterocycles. The summed E-state index contributed by atoms with van der Waals surface area (Å²) in [5, 5.41) is 1.94. The van der Waals surface area contributed by atoms with Crippen molar-refractivity contribution in [2.24, 2.45) is 0 Å². The van der Waals surface area contributed by atoms with Gasteiger partial charge in [-0.3, -0.25) is 4.79 Å². The molecule has 3 heteroatoms. The van der Waals surface area contributed by atoms with Crippen molar-refractivity contribution in [2.45, 2.75) is 26.2 Å². The number of benzene rings is 1. The molecule has 0 N–H and O–H groups in total. The number of halogens is 1. The van der Waals surface area contributed by atoms with Gasteiger partial charge in [0.15, 0.2) is 0 Å². The van der Waals surface area contributed by atoms with Crippen LogP contribution in [0, 0.1) is 0 Å². The number of rotatable bonds is 4. The number of hydrogen-bond acceptors (Lipinski definition) is 2. The maximum absolute atomic E-state index is 12.4. The van der Waals surface area contributed by atoms with Crippen LogP contribution >= 0.6 is 23.7 Å². The lowest BCUT2D eigenvalue weighted by molar-refractivity contribution is 0.104. The summed E-state index contributed by atoms with van der Waals surface area (Å²) in [4.78, 5) is 13.2. The summed E-state index contributed by atoms with van der Waals surface area (Å²) in [6.07, 6.45) is 1.05. The van der Waals surface area contributed by atoms with Crippen LogP contribution in [0.4, 0.5) is 0 Å². The smallest absolute Gasteiger partial charge is 0.203 e. The van der Waals surface area contributed by atoms with Crippen LogP contribution in [0.15, 0.2) is 41.8 Å². The highest BCUT2D eigenvalue weighted by Crippen LogP contribution is 2.25. The molecule has 0 bridgehead atoms. The van der Waals surface area contributed by atoms with Gasteiger partial charge in [0.2, 0.25) is 5.78 Å². The Morgan fingerprint density at radius 3 is 2.56 bits per heavy atom. The van der Waals surface area contributed by atoms with Crippen molar-refractivity contribution in [1.29, 1.82) is 0 Å². The Hall–Kier alpha value is -1.12. The molecule has 1 atom stereocenters. The molecule has 0 spiro atoms. The van der Waals surface area contributed by atoms with Gasteiger partial charge >= 0.3 is 0 Å². The van der Waals surface area contributed by atoms with E-state index in [0.29, 0.717) is 5.92 Å². The summed E-state index contributed by atoms with van der Waals surface area (Å²) < 4.78 is 0. The topological polar surface area (TPSA) is 17.1 Å². The van der Waals surface area contributed by atoms with Crippen LogP contribution in [0.1, 0.15) is 47.0 Å². The second kappa shape index (κ2) is 6.72. The number of carbonyl (C=O) groups is 1. The van der Waals surface area contributed by atoms with E-state index in [-0.39, 0.29) is 18.2 Å². The van der Waals surface area contributed by atoms with Crippen molar-refractivity contribution in [3.63, 3.8) is 0 Å². The molecule has 2 rings (SSSR count). The summed E-state index contributed by atoms with van der Waals surface area (Å²) in [5.41, 5.74) is 2.01. The number of thiophene rings is 1. The molecule has 0 fully saturated rings. The van der Waals surface area contributed by atoms with Crippen molar-refractivity contribution >= 4 is 29.5 Å². The predicted octanol–water partition coefficient (Wildman–Crippen LogP) is 4.91. The lowest BCUT2D eigenvalue weighted by Gasteiger charge is -2.13. The molecule has 96 valence electrons. The third-order valence-corrected chi connectivity index (χ3v) is 3.96. The second-order valence-corrected chi connectivity index (χ2v) is 5.15. The molecule has 1 nitrogen and oxygen atoms in total. The fraction of sp³-hybridized carbons (Fsp3) is 0.267. The van der Waals surface area contributed by atoms with Gasteiger partial charge < -0.3 is 0 Å². The van der Waals surface area contributed by atoms with E-state index in [1.54, 1.807) is 0 Å². The summed E-state index contributed by atoms with van der Waals surface area (Å²) >= 11 is 1.50. The van der Waals surface area contributed by atoms with Gasteiger partial charge in [0.05, 0.1) is 4.88 Å². The van der Waals surface area contributed by atoms with E-state index in [1.807, 2.05) is 35.7 Å². The van der Waals surface area contributed by atoms with Gasteiger partial charge in [0.1, 0.15) is 0 Å². The quantitative estimate of drug-likeness (QED) is 0.727. The van der Waals surface area contributed by atoms with Crippen LogP contribution in [0.5, 0.6) is 0 Å². The Labute approximate surface area is 118 Å². The van der Waals surface area contributed by atoms with E-state index in [1.165, 1.54) is 11.3 Å². The van der Waals surface area contributed by atoms with Crippen LogP contribution in [0.25, 0.3) is 0 Å². The summed E-state index contributed by atoms with van der Waals surface area (Å²) in [6, 6.07) is 11.8. The second-order valence-electron chi connectivity index (χ2n) is 4.20. The molecular weight excluding hydrogens is 264 g/mol. The van der Waals surface area contributed by atoms with Gasteiger partial charge in [-0.15, -0.1) is 23.7 Å². The van der Waals surface area contributed by atoms with Crippen LogP contribution < -0.4 is 0 Å². The largest absolute Gasteiger partial charge is 0.288 e. The van der Waals surface area contributed by atoms with Crippen LogP contribution in [0.3, 0.4) is 0 Å². The molecule has 0 saturated heterocycles. The average Bonchev–Trinajstić information content (AvgIpc) is 2.91. The van der Waals surface area contributed by atoms with Crippen molar-refractivity contribution in [2.75, 3.05) is 0 Å². The number of carbonyl (C=O) groups excluding carboxylic acids is 1. The lowest BCUT2D eigenvalue weighted by atomic mass is 9.91. The molecule has 0 aliphatic rings. The van der Waals surface area contributed by atoms with Gasteiger partial charge in [-0.25, -0.2) is 0 Å². The third kappa shape index (κ3) is 3.01. The van der Waals surface area contributed by atoms with Crippen LogP contribution in [-0.2, 0) is 0 Å². The van der Waals surface area contributed by atoms with E-state index in [2.05, 4.69) is 19.9 Å². The number of ketones is 1. The first-order chi connectivity index (χ1) is 8.24. The molecule has 0 amide bonds. The molecule has 0 aliphatic carbocycles. The average molecular weight is 281 g/mol. The van der Waals surface area contributed by atoms with E-state index in [0.717, 1.165) is 22.4 Å². The van der Waals surface area contributed by atoms with Crippen molar-refractivity contribution in [1.82, 2.24) is 0 Å². The Morgan fingerprint density at radius 2 is 1.94 bits per heavy atom. The zero-order valence-electron chi connectivity index (χ0n) is 10.6. The first kappa shape index (κ1) is 14.9. The molecule has 1 aromatic carbocycles. The minimum absolute atomic E-state index is 0. The van der Waals surface area contributed by atoms with Gasteiger partial charge in [0.25, 0.3) is 0 Å². The number of hydrogen-bond donors (Lipinski definition) is 0. The van der Waals surface area contributed by atoms with E-state index < -0.39 is 0 Å². The fourth-order valence-corrected chi connectivity index (χ4v) is 2.57. The van der Waals surface area contributed by atoms with Crippen LogP contribution in [0.2, 0.25) is 0 Å². The molecular formula is C15H17ClOS. The fourth-order valence-electron chi connectivity index (χ4n) is 1.89. The van der Waals surface area contributed by atoms with Crippen molar-refractivity contribution < 1.29 is 4.79 Å². The normalized spacial score (nSPS) is 11.7. The monoisotopic (exact) mass is 280 g/mol. The van der Waals surface area contributed by atoms with Gasteiger partial charge in [0, 0.05) is 5.56 Å². The Morgan fingerprint density at radius 1 is 1.22 bits per heavy atom. The minimum Gasteiger partial charge on any atom is -0.288 e. The summed E-state index contributed by atoms with van der Waals surface area (Å²) in [7, 11) is 0. The third-order valence-electron chi connectivity index (χ3n) is 3.09. The Bertz CT molecular complexity index is 505. The van der Waals surface area contributed by atoms with Gasteiger partial charge in [-0.2, -0.15) is 0 Å². The standard InChI is InChI=1S/C15H16OS.ClH/c1-3-11(2)12-7-4-5-8-13(12)15(16)14-9-6-10-17-14;/h4-11H,3H2,1-2H3;1H. The van der Waals surface area contributed by atoms with Gasteiger partial charge in [-0.05, 0) is 29.3 Å². The Balaban J connectivity index is 0.00000162. The molecule has 1 unspecified atom stereocenters. The molecule has 0 aliphatic heterocycles. The predicted molar refractivity (Wildman–Crippen MR) is 80.1 cm³/mol. The Kier molecular flexibility index (Phi) is 5.57. The molecule has 1 heterocycles. The summed E-state index contributed by atoms with van der Waals surface area (Å²) in [5.74, 6) is 0.575. The van der Waals surface area contributed by atoms with Gasteiger partial charge in [-0.1, -0.05) is 44.2 Å².